The van der Waals surface area contributed by atoms with Gasteiger partial charge in [-0.3, -0.25) is 4.79 Å². The van der Waals surface area contributed by atoms with E-state index in [2.05, 4.69) is 15.9 Å². The van der Waals surface area contributed by atoms with E-state index in [1.807, 2.05) is 25.1 Å². The van der Waals surface area contributed by atoms with E-state index in [9.17, 15) is 4.79 Å². The number of halogens is 1. The Kier molecular flexibility index (Phi) is 3.81. The van der Waals surface area contributed by atoms with Crippen LogP contribution in [0.1, 0.15) is 5.56 Å². The quantitative estimate of drug-likeness (QED) is 0.899. The average molecular weight is 299 g/mol. The maximum atomic E-state index is 11.9. The number of ether oxygens (including phenoxy) is 1. The smallest absolute Gasteiger partial charge is 0.253 e. The standard InChI is InChI=1S/C12H15BrN2O2/c1-8-2-3-9(13)4-11(8)15-6-10(5-14)17-7-12(15)16/h2-4,10H,5-7,14H2,1H3. The summed E-state index contributed by atoms with van der Waals surface area (Å²) in [5.74, 6) is -0.0177. The molecule has 1 heterocycles. The number of rotatable bonds is 2. The highest BCUT2D eigenvalue weighted by Crippen LogP contribution is 2.26. The van der Waals surface area contributed by atoms with Crippen molar-refractivity contribution in [1.29, 1.82) is 0 Å². The van der Waals surface area contributed by atoms with Crippen LogP contribution < -0.4 is 10.6 Å². The van der Waals surface area contributed by atoms with Gasteiger partial charge in [0.05, 0.1) is 12.6 Å². The highest BCUT2D eigenvalue weighted by molar-refractivity contribution is 9.10. The molecule has 2 rings (SSSR count). The number of nitrogens with two attached hydrogens (primary N) is 1. The Morgan fingerprint density at radius 1 is 1.59 bits per heavy atom. The first kappa shape index (κ1) is 12.5. The zero-order valence-electron chi connectivity index (χ0n) is 9.65. The van der Waals surface area contributed by atoms with Crippen molar-refractivity contribution in [3.05, 3.63) is 28.2 Å². The molecule has 1 amide bonds. The molecular formula is C12H15BrN2O2. The van der Waals surface area contributed by atoms with Crippen LogP contribution in [0.15, 0.2) is 22.7 Å². The predicted octanol–water partition coefficient (Wildman–Crippen LogP) is 1.45. The molecule has 0 aromatic heterocycles. The zero-order valence-corrected chi connectivity index (χ0v) is 11.2. The van der Waals surface area contributed by atoms with Gasteiger partial charge in [0.2, 0.25) is 0 Å². The summed E-state index contributed by atoms with van der Waals surface area (Å²) in [7, 11) is 0. The van der Waals surface area contributed by atoms with E-state index in [-0.39, 0.29) is 18.6 Å². The summed E-state index contributed by atoms with van der Waals surface area (Å²) < 4.78 is 6.29. The van der Waals surface area contributed by atoms with Crippen molar-refractivity contribution >= 4 is 27.5 Å². The molecule has 1 aromatic carbocycles. The highest BCUT2D eigenvalue weighted by atomic mass is 79.9. The van der Waals surface area contributed by atoms with Crippen LogP contribution in [-0.4, -0.2) is 31.7 Å². The Morgan fingerprint density at radius 3 is 3.06 bits per heavy atom. The fourth-order valence-electron chi connectivity index (χ4n) is 1.87. The average Bonchev–Trinajstić information content (AvgIpc) is 2.33. The third-order valence-corrected chi connectivity index (χ3v) is 3.35. The lowest BCUT2D eigenvalue weighted by molar-refractivity contribution is -0.128. The Balaban J connectivity index is 2.30. The van der Waals surface area contributed by atoms with E-state index in [0.29, 0.717) is 13.1 Å². The van der Waals surface area contributed by atoms with Crippen molar-refractivity contribution in [3.8, 4) is 0 Å². The number of amides is 1. The summed E-state index contributed by atoms with van der Waals surface area (Å²) in [6.45, 7) is 3.04. The normalized spacial score (nSPS) is 20.8. The maximum Gasteiger partial charge on any atom is 0.253 e. The SMILES string of the molecule is Cc1ccc(Br)cc1N1CC(CN)OCC1=O. The fraction of sp³-hybridized carbons (Fsp3) is 0.417. The zero-order chi connectivity index (χ0) is 12.4. The van der Waals surface area contributed by atoms with Crippen molar-refractivity contribution in [1.82, 2.24) is 0 Å². The van der Waals surface area contributed by atoms with Crippen LogP contribution >= 0.6 is 15.9 Å². The lowest BCUT2D eigenvalue weighted by Gasteiger charge is -2.33. The lowest BCUT2D eigenvalue weighted by Crippen LogP contribution is -2.49. The molecule has 1 fully saturated rings. The van der Waals surface area contributed by atoms with Crippen molar-refractivity contribution < 1.29 is 9.53 Å². The summed E-state index contributed by atoms with van der Waals surface area (Å²) >= 11 is 3.42. The topological polar surface area (TPSA) is 55.6 Å². The van der Waals surface area contributed by atoms with E-state index >= 15 is 0 Å². The molecule has 1 aromatic rings. The molecule has 1 atom stereocenters. The molecule has 0 radical (unpaired) electrons. The Hall–Kier alpha value is -0.910. The fourth-order valence-corrected chi connectivity index (χ4v) is 2.22. The third-order valence-electron chi connectivity index (χ3n) is 2.85. The minimum absolute atomic E-state index is 0.0177. The highest BCUT2D eigenvalue weighted by Gasteiger charge is 2.27. The van der Waals surface area contributed by atoms with Crippen LogP contribution in [0.25, 0.3) is 0 Å². The number of hydrogen-bond acceptors (Lipinski definition) is 3. The van der Waals surface area contributed by atoms with Gasteiger partial charge in [-0.25, -0.2) is 0 Å². The van der Waals surface area contributed by atoms with Gasteiger partial charge in [0.25, 0.3) is 5.91 Å². The molecule has 0 saturated carbocycles. The summed E-state index contributed by atoms with van der Waals surface area (Å²) in [6.07, 6.45) is -0.0777. The molecule has 92 valence electrons. The molecule has 1 aliphatic rings. The number of nitrogens with zero attached hydrogens (tertiary/aromatic N) is 1. The van der Waals surface area contributed by atoms with E-state index in [0.717, 1.165) is 15.7 Å². The van der Waals surface area contributed by atoms with E-state index in [1.165, 1.54) is 0 Å². The Morgan fingerprint density at radius 2 is 2.35 bits per heavy atom. The largest absolute Gasteiger partial charge is 0.365 e. The third kappa shape index (κ3) is 2.68. The van der Waals surface area contributed by atoms with Crippen molar-refractivity contribution in [2.75, 3.05) is 24.6 Å². The minimum Gasteiger partial charge on any atom is -0.365 e. The number of aryl methyl sites for hydroxylation is 1. The van der Waals surface area contributed by atoms with Gasteiger partial charge < -0.3 is 15.4 Å². The van der Waals surface area contributed by atoms with E-state index in [1.54, 1.807) is 4.90 Å². The second kappa shape index (κ2) is 5.16. The van der Waals surface area contributed by atoms with Crippen LogP contribution in [0.2, 0.25) is 0 Å². The van der Waals surface area contributed by atoms with Gasteiger partial charge in [0, 0.05) is 16.7 Å². The summed E-state index contributed by atoms with van der Waals surface area (Å²) in [4.78, 5) is 13.6. The molecule has 0 spiro atoms. The van der Waals surface area contributed by atoms with Crippen LogP contribution in [0.4, 0.5) is 5.69 Å². The van der Waals surface area contributed by atoms with Gasteiger partial charge in [-0.1, -0.05) is 22.0 Å². The number of benzene rings is 1. The van der Waals surface area contributed by atoms with Gasteiger partial charge in [0.1, 0.15) is 6.61 Å². The maximum absolute atomic E-state index is 11.9. The molecule has 2 N–H and O–H groups in total. The van der Waals surface area contributed by atoms with Crippen LogP contribution in [-0.2, 0) is 9.53 Å². The van der Waals surface area contributed by atoms with E-state index < -0.39 is 0 Å². The first-order chi connectivity index (χ1) is 8.11. The van der Waals surface area contributed by atoms with Crippen LogP contribution in [0.5, 0.6) is 0 Å². The molecule has 5 heteroatoms. The van der Waals surface area contributed by atoms with Gasteiger partial charge in [0.15, 0.2) is 0 Å². The summed E-state index contributed by atoms with van der Waals surface area (Å²) in [6, 6.07) is 5.90. The first-order valence-corrected chi connectivity index (χ1v) is 6.29. The molecule has 4 nitrogen and oxygen atoms in total. The van der Waals surface area contributed by atoms with Crippen LogP contribution in [0, 0.1) is 6.92 Å². The number of hydrogen-bond donors (Lipinski definition) is 1. The Bertz CT molecular complexity index is 437. The monoisotopic (exact) mass is 298 g/mol. The number of carbonyl (C=O) groups excluding carboxylic acids is 1. The minimum atomic E-state index is -0.0777. The molecule has 1 saturated heterocycles. The molecule has 1 unspecified atom stereocenters. The molecular weight excluding hydrogens is 284 g/mol. The second-order valence-electron chi connectivity index (χ2n) is 4.10. The predicted molar refractivity (Wildman–Crippen MR) is 70.0 cm³/mol. The van der Waals surface area contributed by atoms with E-state index in [4.69, 9.17) is 10.5 Å². The van der Waals surface area contributed by atoms with Gasteiger partial charge >= 0.3 is 0 Å². The molecule has 1 aliphatic heterocycles. The number of morpholine rings is 1. The van der Waals surface area contributed by atoms with Crippen molar-refractivity contribution in [3.63, 3.8) is 0 Å². The first-order valence-electron chi connectivity index (χ1n) is 5.50. The second-order valence-corrected chi connectivity index (χ2v) is 5.02. The lowest BCUT2D eigenvalue weighted by atomic mass is 10.1. The van der Waals surface area contributed by atoms with Gasteiger partial charge in [-0.15, -0.1) is 0 Å². The van der Waals surface area contributed by atoms with Gasteiger partial charge in [-0.2, -0.15) is 0 Å². The summed E-state index contributed by atoms with van der Waals surface area (Å²) in [5.41, 5.74) is 7.58. The number of anilines is 1. The van der Waals surface area contributed by atoms with Crippen LogP contribution in [0.3, 0.4) is 0 Å². The molecule has 0 bridgehead atoms. The molecule has 0 aliphatic carbocycles. The summed E-state index contributed by atoms with van der Waals surface area (Å²) in [5, 5.41) is 0. The van der Waals surface area contributed by atoms with Crippen molar-refractivity contribution in [2.45, 2.75) is 13.0 Å². The molecule has 17 heavy (non-hydrogen) atoms. The number of carbonyl (C=O) groups is 1. The van der Waals surface area contributed by atoms with Crippen molar-refractivity contribution in [2.24, 2.45) is 5.73 Å². The Labute approximate surface area is 109 Å². The van der Waals surface area contributed by atoms with Gasteiger partial charge in [-0.05, 0) is 24.6 Å².